The highest BCUT2D eigenvalue weighted by molar-refractivity contribution is 9.11. The summed E-state index contributed by atoms with van der Waals surface area (Å²) in [6.07, 6.45) is 3.22. The summed E-state index contributed by atoms with van der Waals surface area (Å²) in [4.78, 5) is 23.7. The Labute approximate surface area is 173 Å². The molecule has 0 saturated heterocycles. The molecule has 0 aliphatic heterocycles. The second-order valence-corrected chi connectivity index (χ2v) is 7.43. The fourth-order valence-electron chi connectivity index (χ4n) is 1.98. The van der Waals surface area contributed by atoms with Crippen molar-refractivity contribution in [2.45, 2.75) is 6.42 Å². The number of rotatable bonds is 4. The monoisotopic (exact) mass is 495 g/mol. The van der Waals surface area contributed by atoms with Gasteiger partial charge in [-0.05, 0) is 47.6 Å². The number of carbonyl (C=O) groups excluding carboxylic acids is 2. The van der Waals surface area contributed by atoms with Gasteiger partial charge < -0.3 is 0 Å². The van der Waals surface area contributed by atoms with Crippen LogP contribution in [0.4, 0.5) is 0 Å². The van der Waals surface area contributed by atoms with E-state index in [0.717, 1.165) is 20.1 Å². The standard InChI is InChI=1S/C18H15Br2N3O2S/c19-14-8-13(9-15(20)11-14)6-7-16(24)21-18(26)23-22-17(25)10-12-4-2-1-3-5-12/h1-9,11H,10H2,(H,22,25)(H2,21,23,24,26). The molecule has 3 N–H and O–H groups in total. The number of hydrogen-bond donors (Lipinski definition) is 3. The summed E-state index contributed by atoms with van der Waals surface area (Å²) < 4.78 is 1.79. The Hall–Kier alpha value is -2.03. The minimum absolute atomic E-state index is 0.0106. The molecule has 0 unspecified atom stereocenters. The number of nitrogens with one attached hydrogen (secondary N) is 3. The van der Waals surface area contributed by atoms with Crippen molar-refractivity contribution in [2.24, 2.45) is 0 Å². The third-order valence-corrected chi connectivity index (χ3v) is 4.19. The van der Waals surface area contributed by atoms with Crippen LogP contribution in [-0.2, 0) is 16.0 Å². The lowest BCUT2D eigenvalue weighted by Gasteiger charge is -2.09. The zero-order chi connectivity index (χ0) is 18.9. The number of hydrogen-bond acceptors (Lipinski definition) is 3. The van der Waals surface area contributed by atoms with E-state index < -0.39 is 5.91 Å². The van der Waals surface area contributed by atoms with E-state index in [0.29, 0.717) is 0 Å². The van der Waals surface area contributed by atoms with Crippen molar-refractivity contribution in [3.63, 3.8) is 0 Å². The van der Waals surface area contributed by atoms with Crippen LogP contribution >= 0.6 is 44.1 Å². The van der Waals surface area contributed by atoms with E-state index in [9.17, 15) is 9.59 Å². The maximum absolute atomic E-state index is 11.9. The minimum Gasteiger partial charge on any atom is -0.298 e. The molecule has 0 spiro atoms. The molecule has 8 heteroatoms. The van der Waals surface area contributed by atoms with Crippen LogP contribution in [0.3, 0.4) is 0 Å². The van der Waals surface area contributed by atoms with Gasteiger partial charge in [0, 0.05) is 15.0 Å². The summed E-state index contributed by atoms with van der Waals surface area (Å²) in [5.41, 5.74) is 6.67. The highest BCUT2D eigenvalue weighted by Gasteiger charge is 2.05. The van der Waals surface area contributed by atoms with Crippen LogP contribution in [0, 0.1) is 0 Å². The molecule has 134 valence electrons. The normalized spacial score (nSPS) is 10.4. The molecule has 0 saturated carbocycles. The fraction of sp³-hybridized carbons (Fsp3) is 0.0556. The number of halogens is 2. The number of amides is 2. The first-order valence-corrected chi connectivity index (χ1v) is 9.50. The number of hydrazine groups is 1. The summed E-state index contributed by atoms with van der Waals surface area (Å²) in [7, 11) is 0. The summed E-state index contributed by atoms with van der Waals surface area (Å²) in [5.74, 6) is -0.668. The Morgan fingerprint density at radius 2 is 1.65 bits per heavy atom. The van der Waals surface area contributed by atoms with E-state index in [4.69, 9.17) is 12.2 Å². The molecule has 0 aliphatic carbocycles. The summed E-state index contributed by atoms with van der Waals surface area (Å²) in [6, 6.07) is 14.9. The summed E-state index contributed by atoms with van der Waals surface area (Å²) >= 11 is 11.7. The van der Waals surface area contributed by atoms with Crippen LogP contribution in [0.2, 0.25) is 0 Å². The van der Waals surface area contributed by atoms with Crippen LogP contribution in [-0.4, -0.2) is 16.9 Å². The van der Waals surface area contributed by atoms with Gasteiger partial charge in [-0.25, -0.2) is 0 Å². The first kappa shape index (κ1) is 20.3. The molecule has 2 rings (SSSR count). The SMILES string of the molecule is O=C(C=Cc1cc(Br)cc(Br)c1)NC(=S)NNC(=O)Cc1ccccc1. The van der Waals surface area contributed by atoms with E-state index in [1.54, 1.807) is 6.08 Å². The first-order chi connectivity index (χ1) is 12.4. The molecular formula is C18H15Br2N3O2S. The minimum atomic E-state index is -0.407. The molecular weight excluding hydrogens is 482 g/mol. The lowest BCUT2D eigenvalue weighted by molar-refractivity contribution is -0.121. The molecule has 2 aromatic carbocycles. The van der Waals surface area contributed by atoms with Crippen LogP contribution in [0.1, 0.15) is 11.1 Å². The molecule has 0 aromatic heterocycles. The predicted molar refractivity (Wildman–Crippen MR) is 113 cm³/mol. The van der Waals surface area contributed by atoms with Gasteiger partial charge >= 0.3 is 0 Å². The molecule has 2 aromatic rings. The van der Waals surface area contributed by atoms with Gasteiger partial charge in [-0.1, -0.05) is 62.2 Å². The Balaban J connectivity index is 1.77. The first-order valence-electron chi connectivity index (χ1n) is 7.50. The molecule has 0 bridgehead atoms. The molecule has 0 fully saturated rings. The smallest absolute Gasteiger partial charge is 0.250 e. The molecule has 0 heterocycles. The van der Waals surface area contributed by atoms with Gasteiger partial charge in [0.25, 0.3) is 0 Å². The lowest BCUT2D eigenvalue weighted by atomic mass is 10.1. The van der Waals surface area contributed by atoms with E-state index in [-0.39, 0.29) is 17.4 Å². The number of benzene rings is 2. The van der Waals surface area contributed by atoms with Crippen molar-refractivity contribution in [3.8, 4) is 0 Å². The van der Waals surface area contributed by atoms with Crippen LogP contribution < -0.4 is 16.2 Å². The molecule has 0 atom stereocenters. The van der Waals surface area contributed by atoms with E-state index in [1.165, 1.54) is 6.08 Å². The highest BCUT2D eigenvalue weighted by atomic mass is 79.9. The summed E-state index contributed by atoms with van der Waals surface area (Å²) in [6.45, 7) is 0. The summed E-state index contributed by atoms with van der Waals surface area (Å²) in [5, 5.41) is 2.47. The molecule has 2 amide bonds. The van der Waals surface area contributed by atoms with Gasteiger partial charge in [0.2, 0.25) is 11.8 Å². The number of carbonyl (C=O) groups is 2. The zero-order valence-electron chi connectivity index (χ0n) is 13.5. The average molecular weight is 497 g/mol. The van der Waals surface area contributed by atoms with Gasteiger partial charge in [-0.3, -0.25) is 25.8 Å². The van der Waals surface area contributed by atoms with E-state index in [1.807, 2.05) is 48.5 Å². The van der Waals surface area contributed by atoms with Crippen molar-refractivity contribution in [3.05, 3.63) is 74.7 Å². The second kappa shape index (κ2) is 10.2. The predicted octanol–water partition coefficient (Wildman–Crippen LogP) is 3.49. The Kier molecular flexibility index (Phi) is 7.96. The third-order valence-electron chi connectivity index (χ3n) is 3.07. The molecule has 5 nitrogen and oxygen atoms in total. The molecule has 0 aliphatic rings. The quantitative estimate of drug-likeness (QED) is 0.344. The Morgan fingerprint density at radius 3 is 2.31 bits per heavy atom. The van der Waals surface area contributed by atoms with Crippen molar-refractivity contribution < 1.29 is 9.59 Å². The molecule has 26 heavy (non-hydrogen) atoms. The van der Waals surface area contributed by atoms with Crippen LogP contribution in [0.15, 0.2) is 63.6 Å². The largest absolute Gasteiger partial charge is 0.298 e. The van der Waals surface area contributed by atoms with Crippen molar-refractivity contribution in [2.75, 3.05) is 0 Å². The highest BCUT2D eigenvalue weighted by Crippen LogP contribution is 2.20. The van der Waals surface area contributed by atoms with Gasteiger partial charge in [-0.2, -0.15) is 0 Å². The van der Waals surface area contributed by atoms with E-state index in [2.05, 4.69) is 48.0 Å². The zero-order valence-corrected chi connectivity index (χ0v) is 17.4. The lowest BCUT2D eigenvalue weighted by Crippen LogP contribution is -2.48. The number of thiocarbonyl (C=S) groups is 1. The second-order valence-electron chi connectivity index (χ2n) is 5.19. The van der Waals surface area contributed by atoms with Gasteiger partial charge in [-0.15, -0.1) is 0 Å². The van der Waals surface area contributed by atoms with Crippen LogP contribution in [0.5, 0.6) is 0 Å². The van der Waals surface area contributed by atoms with Gasteiger partial charge in [0.1, 0.15) is 0 Å². The maximum atomic E-state index is 11.9. The topological polar surface area (TPSA) is 70.2 Å². The average Bonchev–Trinajstić information content (AvgIpc) is 2.58. The Morgan fingerprint density at radius 1 is 1.00 bits per heavy atom. The van der Waals surface area contributed by atoms with Crippen molar-refractivity contribution >= 4 is 67.1 Å². The van der Waals surface area contributed by atoms with Gasteiger partial charge in [0.15, 0.2) is 5.11 Å². The fourth-order valence-corrected chi connectivity index (χ4v) is 3.46. The third kappa shape index (κ3) is 7.47. The Bertz CT molecular complexity index is 821. The van der Waals surface area contributed by atoms with Gasteiger partial charge in [0.05, 0.1) is 6.42 Å². The maximum Gasteiger partial charge on any atom is 0.250 e. The van der Waals surface area contributed by atoms with E-state index >= 15 is 0 Å². The van der Waals surface area contributed by atoms with Crippen molar-refractivity contribution in [1.82, 2.24) is 16.2 Å². The molecule has 0 radical (unpaired) electrons. The van der Waals surface area contributed by atoms with Crippen molar-refractivity contribution in [1.29, 1.82) is 0 Å². The van der Waals surface area contributed by atoms with Crippen LogP contribution in [0.25, 0.3) is 6.08 Å².